The molecule has 19 heavy (non-hydrogen) atoms. The molecule has 0 aromatic carbocycles. The lowest BCUT2D eigenvalue weighted by Crippen LogP contribution is -2.47. The minimum Gasteiger partial charge on any atom is -0.475 e. The van der Waals surface area contributed by atoms with Gasteiger partial charge in [0.2, 0.25) is 11.7 Å². The summed E-state index contributed by atoms with van der Waals surface area (Å²) in [6.07, 6.45) is 2.58. The number of carbonyl (C=O) groups is 2. The number of carboxylic acids is 1. The average molecular weight is 266 g/mol. The summed E-state index contributed by atoms with van der Waals surface area (Å²) in [6.45, 7) is 2.04. The number of carboxylic acid groups (broad SMARTS) is 1. The molecule has 1 aliphatic rings. The Balaban J connectivity index is 1.94. The Bertz CT molecular complexity index is 497. The number of rotatable bonds is 4. The molecule has 1 heterocycles. The van der Waals surface area contributed by atoms with Crippen LogP contribution >= 0.6 is 0 Å². The normalized spacial score (nSPS) is 26.3. The topological polar surface area (TPSA) is 106 Å². The summed E-state index contributed by atoms with van der Waals surface area (Å²) in [7, 11) is 0. The van der Waals surface area contributed by atoms with Crippen LogP contribution < -0.4 is 11.1 Å². The monoisotopic (exact) mass is 266 g/mol. The molecule has 1 aromatic heterocycles. The van der Waals surface area contributed by atoms with Gasteiger partial charge in [-0.15, -0.1) is 0 Å². The summed E-state index contributed by atoms with van der Waals surface area (Å²) in [4.78, 5) is 22.8. The Morgan fingerprint density at radius 1 is 1.58 bits per heavy atom. The van der Waals surface area contributed by atoms with Crippen molar-refractivity contribution in [2.45, 2.75) is 38.8 Å². The van der Waals surface area contributed by atoms with E-state index in [-0.39, 0.29) is 24.3 Å². The van der Waals surface area contributed by atoms with Crippen molar-refractivity contribution in [1.82, 2.24) is 5.32 Å². The first-order valence-electron chi connectivity index (χ1n) is 6.29. The molecule has 2 atom stereocenters. The van der Waals surface area contributed by atoms with Crippen LogP contribution in [-0.4, -0.2) is 23.0 Å². The second-order valence-corrected chi connectivity index (χ2v) is 5.17. The Kier molecular flexibility index (Phi) is 3.61. The molecule has 4 N–H and O–H groups in total. The Labute approximate surface area is 111 Å². The van der Waals surface area contributed by atoms with E-state index in [4.69, 9.17) is 15.3 Å². The van der Waals surface area contributed by atoms with Crippen LogP contribution in [0.4, 0.5) is 0 Å². The maximum absolute atomic E-state index is 12.1. The van der Waals surface area contributed by atoms with Crippen LogP contribution in [0.25, 0.3) is 0 Å². The molecule has 1 aliphatic carbocycles. The molecule has 1 saturated carbocycles. The summed E-state index contributed by atoms with van der Waals surface area (Å²) in [5.41, 5.74) is 5.43. The fourth-order valence-corrected chi connectivity index (χ4v) is 2.43. The average Bonchev–Trinajstić information content (AvgIpc) is 2.95. The van der Waals surface area contributed by atoms with E-state index in [1.165, 1.54) is 6.07 Å². The van der Waals surface area contributed by atoms with E-state index in [1.807, 2.05) is 6.92 Å². The highest BCUT2D eigenvalue weighted by Gasteiger charge is 2.42. The van der Waals surface area contributed by atoms with Gasteiger partial charge in [0.1, 0.15) is 5.76 Å². The zero-order valence-corrected chi connectivity index (χ0v) is 10.8. The lowest BCUT2D eigenvalue weighted by molar-refractivity contribution is -0.130. The number of furan rings is 1. The van der Waals surface area contributed by atoms with Gasteiger partial charge in [-0.25, -0.2) is 4.79 Å². The number of nitrogens with one attached hydrogen (secondary N) is 1. The van der Waals surface area contributed by atoms with Gasteiger partial charge >= 0.3 is 5.97 Å². The van der Waals surface area contributed by atoms with E-state index in [1.54, 1.807) is 6.07 Å². The number of hydrogen-bond acceptors (Lipinski definition) is 4. The van der Waals surface area contributed by atoms with Crippen molar-refractivity contribution in [2.75, 3.05) is 0 Å². The van der Waals surface area contributed by atoms with Crippen LogP contribution in [0, 0.1) is 5.41 Å². The van der Waals surface area contributed by atoms with E-state index < -0.39 is 11.4 Å². The minimum atomic E-state index is -1.12. The van der Waals surface area contributed by atoms with Crippen molar-refractivity contribution in [3.05, 3.63) is 23.7 Å². The first kappa shape index (κ1) is 13.6. The fraction of sp³-hybridized carbons (Fsp3) is 0.538. The third-order valence-electron chi connectivity index (χ3n) is 3.84. The highest BCUT2D eigenvalue weighted by Crippen LogP contribution is 2.36. The van der Waals surface area contributed by atoms with Gasteiger partial charge < -0.3 is 20.6 Å². The van der Waals surface area contributed by atoms with Crippen molar-refractivity contribution in [3.63, 3.8) is 0 Å². The molecule has 1 amide bonds. The van der Waals surface area contributed by atoms with E-state index >= 15 is 0 Å². The molecule has 0 spiro atoms. The number of carbonyl (C=O) groups excluding carboxylic acids is 1. The lowest BCUT2D eigenvalue weighted by atomic mass is 9.84. The number of amides is 1. The quantitative estimate of drug-likeness (QED) is 0.757. The summed E-state index contributed by atoms with van der Waals surface area (Å²) < 4.78 is 5.07. The van der Waals surface area contributed by atoms with Crippen molar-refractivity contribution < 1.29 is 19.1 Å². The van der Waals surface area contributed by atoms with Crippen molar-refractivity contribution in [3.8, 4) is 0 Å². The molecule has 6 heteroatoms. The Hall–Kier alpha value is -1.82. The smallest absolute Gasteiger partial charge is 0.371 e. The third-order valence-corrected chi connectivity index (χ3v) is 3.84. The third kappa shape index (κ3) is 2.63. The molecule has 0 saturated heterocycles. The fourth-order valence-electron chi connectivity index (χ4n) is 2.43. The standard InChI is InChI=1S/C13H18N2O4/c1-13(6-2-3-10(13)14)12(18)15-7-8-4-5-9(19-8)11(16)17/h4-5,10H,2-3,6-7,14H2,1H3,(H,15,18)(H,16,17). The van der Waals surface area contributed by atoms with Gasteiger partial charge in [0.05, 0.1) is 12.0 Å². The van der Waals surface area contributed by atoms with Crippen LogP contribution in [0.15, 0.2) is 16.5 Å². The van der Waals surface area contributed by atoms with Gasteiger partial charge in [0.25, 0.3) is 0 Å². The van der Waals surface area contributed by atoms with Gasteiger partial charge in [-0.1, -0.05) is 6.42 Å². The molecule has 0 aliphatic heterocycles. The van der Waals surface area contributed by atoms with Crippen LogP contribution in [0.1, 0.15) is 42.5 Å². The van der Waals surface area contributed by atoms with Gasteiger partial charge in [-0.2, -0.15) is 0 Å². The molecule has 0 bridgehead atoms. The summed E-state index contributed by atoms with van der Waals surface area (Å²) >= 11 is 0. The van der Waals surface area contributed by atoms with Crippen LogP contribution in [0.2, 0.25) is 0 Å². The van der Waals surface area contributed by atoms with E-state index in [9.17, 15) is 9.59 Å². The highest BCUT2D eigenvalue weighted by atomic mass is 16.4. The maximum atomic E-state index is 12.1. The second kappa shape index (κ2) is 5.05. The number of nitrogens with two attached hydrogens (primary N) is 1. The minimum absolute atomic E-state index is 0.106. The lowest BCUT2D eigenvalue weighted by Gasteiger charge is -2.27. The van der Waals surface area contributed by atoms with Crippen LogP contribution in [-0.2, 0) is 11.3 Å². The maximum Gasteiger partial charge on any atom is 0.371 e. The molecule has 1 aromatic rings. The Morgan fingerprint density at radius 2 is 2.32 bits per heavy atom. The summed E-state index contributed by atoms with van der Waals surface area (Å²) in [5, 5.41) is 11.5. The first-order valence-corrected chi connectivity index (χ1v) is 6.29. The zero-order chi connectivity index (χ0) is 14.0. The van der Waals surface area contributed by atoms with Crippen LogP contribution in [0.3, 0.4) is 0 Å². The van der Waals surface area contributed by atoms with E-state index in [0.29, 0.717) is 5.76 Å². The Morgan fingerprint density at radius 3 is 2.84 bits per heavy atom. The molecule has 2 rings (SSSR count). The first-order chi connectivity index (χ1) is 8.93. The summed E-state index contributed by atoms with van der Waals surface area (Å²) in [6, 6.07) is 2.78. The zero-order valence-electron chi connectivity index (χ0n) is 10.8. The molecule has 6 nitrogen and oxygen atoms in total. The van der Waals surface area contributed by atoms with Crippen LogP contribution in [0.5, 0.6) is 0 Å². The van der Waals surface area contributed by atoms with Crippen molar-refractivity contribution in [1.29, 1.82) is 0 Å². The van der Waals surface area contributed by atoms with E-state index in [2.05, 4.69) is 5.32 Å². The largest absolute Gasteiger partial charge is 0.475 e. The number of hydrogen-bond donors (Lipinski definition) is 3. The predicted molar refractivity (Wildman–Crippen MR) is 67.4 cm³/mol. The SMILES string of the molecule is CC1(C(=O)NCc2ccc(C(=O)O)o2)CCCC1N. The predicted octanol–water partition coefficient (Wildman–Crippen LogP) is 1.11. The van der Waals surface area contributed by atoms with Gasteiger partial charge in [-0.3, -0.25) is 4.79 Å². The number of aromatic carboxylic acids is 1. The molecule has 0 radical (unpaired) electrons. The van der Waals surface area contributed by atoms with Gasteiger partial charge in [0, 0.05) is 6.04 Å². The van der Waals surface area contributed by atoms with E-state index in [0.717, 1.165) is 19.3 Å². The summed E-state index contributed by atoms with van der Waals surface area (Å²) in [5.74, 6) is -0.943. The second-order valence-electron chi connectivity index (χ2n) is 5.17. The van der Waals surface area contributed by atoms with Crippen molar-refractivity contribution in [2.24, 2.45) is 11.1 Å². The van der Waals surface area contributed by atoms with Gasteiger partial charge in [-0.05, 0) is 31.9 Å². The molecule has 2 unspecified atom stereocenters. The van der Waals surface area contributed by atoms with Gasteiger partial charge in [0.15, 0.2) is 0 Å². The highest BCUT2D eigenvalue weighted by molar-refractivity contribution is 5.84. The van der Waals surface area contributed by atoms with Crippen molar-refractivity contribution >= 4 is 11.9 Å². The molecular formula is C13H18N2O4. The molecule has 1 fully saturated rings. The molecular weight excluding hydrogens is 248 g/mol. The molecule has 104 valence electrons.